The average molecular weight is 277 g/mol. The summed E-state index contributed by atoms with van der Waals surface area (Å²) >= 11 is 0. The van der Waals surface area contributed by atoms with Crippen molar-refractivity contribution in [3.8, 4) is 11.6 Å². The SMILES string of the molecule is Nc1ccc(Oc2ccn3nccc3n2)c2cccnc12. The molecule has 0 aliphatic heterocycles. The van der Waals surface area contributed by atoms with Crippen LogP contribution >= 0.6 is 0 Å². The van der Waals surface area contributed by atoms with E-state index in [1.807, 2.05) is 24.3 Å². The van der Waals surface area contributed by atoms with Crippen LogP contribution < -0.4 is 10.5 Å². The third-order valence-electron chi connectivity index (χ3n) is 3.21. The highest BCUT2D eigenvalue weighted by atomic mass is 16.5. The van der Waals surface area contributed by atoms with E-state index >= 15 is 0 Å². The van der Waals surface area contributed by atoms with Gasteiger partial charge < -0.3 is 10.5 Å². The quantitative estimate of drug-likeness (QED) is 0.570. The number of pyridine rings is 1. The molecule has 1 aromatic carbocycles. The van der Waals surface area contributed by atoms with Crippen molar-refractivity contribution in [2.24, 2.45) is 0 Å². The highest BCUT2D eigenvalue weighted by Crippen LogP contribution is 2.31. The van der Waals surface area contributed by atoms with E-state index in [1.165, 1.54) is 0 Å². The number of nitrogen functional groups attached to an aromatic ring is 1. The number of hydrogen-bond donors (Lipinski definition) is 1. The van der Waals surface area contributed by atoms with Crippen molar-refractivity contribution in [2.45, 2.75) is 0 Å². The smallest absolute Gasteiger partial charge is 0.222 e. The summed E-state index contributed by atoms with van der Waals surface area (Å²) in [5, 5.41) is 4.95. The number of fused-ring (bicyclic) bond motifs is 2. The summed E-state index contributed by atoms with van der Waals surface area (Å²) in [7, 11) is 0. The number of nitrogens with zero attached hydrogens (tertiary/aromatic N) is 4. The van der Waals surface area contributed by atoms with Crippen LogP contribution in [0.3, 0.4) is 0 Å². The number of nitrogens with two attached hydrogens (primary N) is 1. The van der Waals surface area contributed by atoms with Gasteiger partial charge in [0.25, 0.3) is 0 Å². The zero-order chi connectivity index (χ0) is 14.2. The second kappa shape index (κ2) is 4.45. The van der Waals surface area contributed by atoms with Crippen molar-refractivity contribution in [2.75, 3.05) is 5.73 Å². The Kier molecular flexibility index (Phi) is 2.47. The molecule has 102 valence electrons. The molecule has 0 saturated carbocycles. The molecule has 3 heterocycles. The predicted molar refractivity (Wildman–Crippen MR) is 79.2 cm³/mol. The van der Waals surface area contributed by atoms with Gasteiger partial charge in [0.05, 0.1) is 17.4 Å². The standard InChI is InChI=1S/C15H11N5O/c16-11-3-4-12(10-2-1-7-17-15(10)11)21-14-6-9-20-13(19-14)5-8-18-20/h1-9H,16H2. The molecule has 0 unspecified atom stereocenters. The zero-order valence-electron chi connectivity index (χ0n) is 11.0. The molecule has 0 bridgehead atoms. The molecule has 0 aliphatic rings. The van der Waals surface area contributed by atoms with Crippen LogP contribution in [0.2, 0.25) is 0 Å². The maximum atomic E-state index is 5.93. The highest BCUT2D eigenvalue weighted by Gasteiger charge is 2.08. The number of rotatable bonds is 2. The van der Waals surface area contributed by atoms with Crippen molar-refractivity contribution in [1.82, 2.24) is 19.6 Å². The first-order valence-corrected chi connectivity index (χ1v) is 6.43. The summed E-state index contributed by atoms with van der Waals surface area (Å²) in [4.78, 5) is 8.67. The minimum atomic E-state index is 0.498. The summed E-state index contributed by atoms with van der Waals surface area (Å²) in [5.74, 6) is 1.17. The van der Waals surface area contributed by atoms with Crippen molar-refractivity contribution in [3.63, 3.8) is 0 Å². The first-order chi connectivity index (χ1) is 10.3. The number of benzene rings is 1. The minimum absolute atomic E-state index is 0.498. The third-order valence-corrected chi connectivity index (χ3v) is 3.21. The Morgan fingerprint density at radius 3 is 2.95 bits per heavy atom. The van der Waals surface area contributed by atoms with Gasteiger partial charge in [-0.1, -0.05) is 0 Å². The molecule has 4 rings (SSSR count). The van der Waals surface area contributed by atoms with Crippen LogP contribution in [0.25, 0.3) is 16.6 Å². The van der Waals surface area contributed by atoms with Crippen LogP contribution in [-0.4, -0.2) is 19.6 Å². The average Bonchev–Trinajstić information content (AvgIpc) is 2.98. The van der Waals surface area contributed by atoms with Crippen molar-refractivity contribution in [3.05, 3.63) is 55.0 Å². The van der Waals surface area contributed by atoms with Gasteiger partial charge in [-0.2, -0.15) is 10.1 Å². The predicted octanol–water partition coefficient (Wildman–Crippen LogP) is 2.65. The molecule has 4 aromatic rings. The van der Waals surface area contributed by atoms with Gasteiger partial charge in [0.1, 0.15) is 5.75 Å². The van der Waals surface area contributed by atoms with E-state index in [-0.39, 0.29) is 0 Å². The fourth-order valence-electron chi connectivity index (χ4n) is 2.22. The second-order valence-corrected chi connectivity index (χ2v) is 4.55. The molecule has 6 nitrogen and oxygen atoms in total. The Hall–Kier alpha value is -3.15. The number of hydrogen-bond acceptors (Lipinski definition) is 5. The Balaban J connectivity index is 1.81. The molecule has 0 spiro atoms. The van der Waals surface area contributed by atoms with Gasteiger partial charge in [-0.3, -0.25) is 4.98 Å². The molecule has 2 N–H and O–H groups in total. The van der Waals surface area contributed by atoms with Crippen LogP contribution in [-0.2, 0) is 0 Å². The second-order valence-electron chi connectivity index (χ2n) is 4.55. The van der Waals surface area contributed by atoms with Crippen LogP contribution in [0.1, 0.15) is 0 Å². The largest absolute Gasteiger partial charge is 0.438 e. The van der Waals surface area contributed by atoms with Crippen LogP contribution in [0.15, 0.2) is 55.0 Å². The molecule has 6 heteroatoms. The Morgan fingerprint density at radius 1 is 1.05 bits per heavy atom. The van der Waals surface area contributed by atoms with E-state index in [2.05, 4.69) is 15.1 Å². The molecule has 0 saturated heterocycles. The molecule has 0 aliphatic carbocycles. The van der Waals surface area contributed by atoms with E-state index in [1.54, 1.807) is 35.2 Å². The van der Waals surface area contributed by atoms with E-state index < -0.39 is 0 Å². The summed E-state index contributed by atoms with van der Waals surface area (Å²) in [6, 6.07) is 10.9. The van der Waals surface area contributed by atoms with Gasteiger partial charge in [-0.25, -0.2) is 4.52 Å². The van der Waals surface area contributed by atoms with Gasteiger partial charge in [0.15, 0.2) is 5.65 Å². The first kappa shape index (κ1) is 11.7. The fourth-order valence-corrected chi connectivity index (χ4v) is 2.22. The van der Waals surface area contributed by atoms with Crippen LogP contribution in [0.5, 0.6) is 11.6 Å². The van der Waals surface area contributed by atoms with E-state index in [0.717, 1.165) is 16.6 Å². The molecular formula is C15H11N5O. The summed E-state index contributed by atoms with van der Waals surface area (Å²) in [6.45, 7) is 0. The lowest BCUT2D eigenvalue weighted by Gasteiger charge is -2.09. The Bertz CT molecular complexity index is 947. The lowest BCUT2D eigenvalue weighted by molar-refractivity contribution is 0.468. The van der Waals surface area contributed by atoms with Crippen molar-refractivity contribution >= 4 is 22.2 Å². The summed E-state index contributed by atoms with van der Waals surface area (Å²) in [6.07, 6.45) is 5.20. The highest BCUT2D eigenvalue weighted by molar-refractivity contribution is 5.93. The normalized spacial score (nSPS) is 11.0. The molecule has 0 amide bonds. The lowest BCUT2D eigenvalue weighted by Crippen LogP contribution is -1.95. The maximum Gasteiger partial charge on any atom is 0.222 e. The van der Waals surface area contributed by atoms with E-state index in [4.69, 9.17) is 10.5 Å². The van der Waals surface area contributed by atoms with Crippen LogP contribution in [0.4, 0.5) is 5.69 Å². The van der Waals surface area contributed by atoms with Gasteiger partial charge >= 0.3 is 0 Å². The fraction of sp³-hybridized carbons (Fsp3) is 0. The first-order valence-electron chi connectivity index (χ1n) is 6.43. The third kappa shape index (κ3) is 1.93. The topological polar surface area (TPSA) is 78.3 Å². The Labute approximate surface area is 119 Å². The molecule has 21 heavy (non-hydrogen) atoms. The van der Waals surface area contributed by atoms with Gasteiger partial charge in [-0.05, 0) is 24.3 Å². The van der Waals surface area contributed by atoms with Gasteiger partial charge in [0, 0.05) is 29.9 Å². The van der Waals surface area contributed by atoms with Gasteiger partial charge in [0.2, 0.25) is 5.88 Å². The lowest BCUT2D eigenvalue weighted by atomic mass is 10.2. The zero-order valence-corrected chi connectivity index (χ0v) is 11.0. The monoisotopic (exact) mass is 277 g/mol. The van der Waals surface area contributed by atoms with Crippen molar-refractivity contribution < 1.29 is 4.74 Å². The van der Waals surface area contributed by atoms with Crippen molar-refractivity contribution in [1.29, 1.82) is 0 Å². The van der Waals surface area contributed by atoms with Crippen LogP contribution in [0, 0.1) is 0 Å². The molecule has 3 aromatic heterocycles. The molecular weight excluding hydrogens is 266 g/mol. The summed E-state index contributed by atoms with van der Waals surface area (Å²) in [5.41, 5.74) is 8.01. The van der Waals surface area contributed by atoms with Gasteiger partial charge in [-0.15, -0.1) is 0 Å². The maximum absolute atomic E-state index is 5.93. The minimum Gasteiger partial charge on any atom is -0.438 e. The van der Waals surface area contributed by atoms with E-state index in [0.29, 0.717) is 17.3 Å². The Morgan fingerprint density at radius 2 is 2.00 bits per heavy atom. The van der Waals surface area contributed by atoms with E-state index in [9.17, 15) is 0 Å². The number of anilines is 1. The molecule has 0 atom stereocenters. The number of ether oxygens (including phenoxy) is 1. The summed E-state index contributed by atoms with van der Waals surface area (Å²) < 4.78 is 7.55. The molecule has 0 fully saturated rings. The molecule has 0 radical (unpaired) electrons. The number of aromatic nitrogens is 4.